The molecule has 0 radical (unpaired) electrons. The van der Waals surface area contributed by atoms with Gasteiger partial charge in [-0.05, 0) is 49.9 Å². The van der Waals surface area contributed by atoms with Crippen molar-refractivity contribution in [1.82, 2.24) is 5.32 Å². The quantitative estimate of drug-likeness (QED) is 0.794. The van der Waals surface area contributed by atoms with E-state index in [4.69, 9.17) is 11.6 Å². The van der Waals surface area contributed by atoms with Crippen LogP contribution in [0.25, 0.3) is 0 Å². The van der Waals surface area contributed by atoms with Crippen molar-refractivity contribution >= 4 is 11.6 Å². The standard InChI is InChI=1S/C16H24ClN/c1-18-16(14-8-4-2-3-5-9-14)12-13-7-6-10-15(17)11-13/h6-7,10-11,14,16,18H,2-5,8-9,12H2,1H3. The number of halogens is 1. The van der Waals surface area contributed by atoms with Crippen LogP contribution in [0.4, 0.5) is 0 Å². The van der Waals surface area contributed by atoms with Crippen molar-refractivity contribution in [2.75, 3.05) is 7.05 Å². The van der Waals surface area contributed by atoms with Gasteiger partial charge in [0.2, 0.25) is 0 Å². The topological polar surface area (TPSA) is 12.0 Å². The van der Waals surface area contributed by atoms with Crippen molar-refractivity contribution in [3.63, 3.8) is 0 Å². The van der Waals surface area contributed by atoms with E-state index >= 15 is 0 Å². The highest BCUT2D eigenvalue weighted by Gasteiger charge is 2.21. The molecule has 1 saturated carbocycles. The van der Waals surface area contributed by atoms with E-state index in [9.17, 15) is 0 Å². The van der Waals surface area contributed by atoms with Crippen LogP contribution >= 0.6 is 11.6 Å². The van der Waals surface area contributed by atoms with Gasteiger partial charge in [-0.15, -0.1) is 0 Å². The Labute approximate surface area is 116 Å². The van der Waals surface area contributed by atoms with Crippen molar-refractivity contribution in [1.29, 1.82) is 0 Å². The molecule has 18 heavy (non-hydrogen) atoms. The van der Waals surface area contributed by atoms with E-state index in [0.717, 1.165) is 17.4 Å². The molecule has 2 heteroatoms. The molecule has 1 aromatic carbocycles. The highest BCUT2D eigenvalue weighted by Crippen LogP contribution is 2.27. The normalized spacial score (nSPS) is 19.4. The van der Waals surface area contributed by atoms with Crippen LogP contribution in [0.5, 0.6) is 0 Å². The van der Waals surface area contributed by atoms with Gasteiger partial charge in [0.05, 0.1) is 0 Å². The zero-order chi connectivity index (χ0) is 12.8. The van der Waals surface area contributed by atoms with Crippen LogP contribution < -0.4 is 5.32 Å². The van der Waals surface area contributed by atoms with E-state index in [2.05, 4.69) is 30.6 Å². The van der Waals surface area contributed by atoms with E-state index in [1.807, 2.05) is 6.07 Å². The molecule has 100 valence electrons. The minimum absolute atomic E-state index is 0.599. The van der Waals surface area contributed by atoms with Crippen LogP contribution in [0.2, 0.25) is 5.02 Å². The van der Waals surface area contributed by atoms with E-state index in [-0.39, 0.29) is 0 Å². The van der Waals surface area contributed by atoms with Crippen LogP contribution in [0.1, 0.15) is 44.1 Å². The second kappa shape index (κ2) is 7.16. The van der Waals surface area contributed by atoms with Gasteiger partial charge in [-0.25, -0.2) is 0 Å². The van der Waals surface area contributed by atoms with Gasteiger partial charge >= 0.3 is 0 Å². The first kappa shape index (κ1) is 13.9. The maximum Gasteiger partial charge on any atom is 0.0408 e. The summed E-state index contributed by atoms with van der Waals surface area (Å²) in [5, 5.41) is 4.37. The van der Waals surface area contributed by atoms with Gasteiger partial charge in [-0.3, -0.25) is 0 Å². The minimum Gasteiger partial charge on any atom is -0.316 e. The lowest BCUT2D eigenvalue weighted by Crippen LogP contribution is -2.35. The average Bonchev–Trinajstić information content (AvgIpc) is 2.65. The summed E-state index contributed by atoms with van der Waals surface area (Å²) in [6, 6.07) is 8.89. The first-order valence-corrected chi connectivity index (χ1v) is 7.59. The molecular weight excluding hydrogens is 242 g/mol. The SMILES string of the molecule is CNC(Cc1cccc(Cl)c1)C1CCCCCC1. The number of hydrogen-bond acceptors (Lipinski definition) is 1. The Balaban J connectivity index is 1.99. The molecular formula is C16H24ClN. The number of rotatable bonds is 4. The Morgan fingerprint density at radius 1 is 1.22 bits per heavy atom. The van der Waals surface area contributed by atoms with Gasteiger partial charge in [-0.1, -0.05) is 49.4 Å². The Hall–Kier alpha value is -0.530. The number of likely N-dealkylation sites (N-methyl/N-ethyl adjacent to an activating group) is 1. The van der Waals surface area contributed by atoms with Crippen molar-refractivity contribution in [2.24, 2.45) is 5.92 Å². The molecule has 0 aliphatic heterocycles. The van der Waals surface area contributed by atoms with Crippen LogP contribution in [0.3, 0.4) is 0 Å². The lowest BCUT2D eigenvalue weighted by atomic mass is 9.88. The Morgan fingerprint density at radius 2 is 1.94 bits per heavy atom. The smallest absolute Gasteiger partial charge is 0.0408 e. The van der Waals surface area contributed by atoms with E-state index in [0.29, 0.717) is 6.04 Å². The number of hydrogen-bond donors (Lipinski definition) is 1. The Bertz CT molecular complexity index is 356. The Kier molecular flexibility index (Phi) is 5.52. The van der Waals surface area contributed by atoms with Crippen LogP contribution in [0.15, 0.2) is 24.3 Å². The summed E-state index contributed by atoms with van der Waals surface area (Å²) in [7, 11) is 2.10. The monoisotopic (exact) mass is 265 g/mol. The van der Waals surface area contributed by atoms with E-state index in [1.54, 1.807) is 0 Å². The van der Waals surface area contributed by atoms with Crippen LogP contribution in [0, 0.1) is 5.92 Å². The highest BCUT2D eigenvalue weighted by molar-refractivity contribution is 6.30. The third-order valence-electron chi connectivity index (χ3n) is 4.18. The van der Waals surface area contributed by atoms with Crippen molar-refractivity contribution in [3.8, 4) is 0 Å². The maximum absolute atomic E-state index is 6.06. The van der Waals surface area contributed by atoms with E-state index in [1.165, 1.54) is 44.1 Å². The molecule has 0 saturated heterocycles. The molecule has 0 heterocycles. The molecule has 1 nitrogen and oxygen atoms in total. The molecule has 1 unspecified atom stereocenters. The Morgan fingerprint density at radius 3 is 2.56 bits per heavy atom. The molecule has 1 aliphatic carbocycles. The largest absolute Gasteiger partial charge is 0.316 e. The first-order valence-electron chi connectivity index (χ1n) is 7.21. The molecule has 0 bridgehead atoms. The van der Waals surface area contributed by atoms with Crippen LogP contribution in [-0.2, 0) is 6.42 Å². The van der Waals surface area contributed by atoms with Crippen molar-refractivity contribution < 1.29 is 0 Å². The molecule has 0 amide bonds. The zero-order valence-electron chi connectivity index (χ0n) is 11.3. The summed E-state index contributed by atoms with van der Waals surface area (Å²) in [6.45, 7) is 0. The molecule has 2 rings (SSSR count). The summed E-state index contributed by atoms with van der Waals surface area (Å²) in [4.78, 5) is 0. The van der Waals surface area contributed by atoms with Gasteiger partial charge in [0.15, 0.2) is 0 Å². The second-order valence-corrected chi connectivity index (χ2v) is 5.92. The fourth-order valence-electron chi connectivity index (χ4n) is 3.14. The van der Waals surface area contributed by atoms with Gasteiger partial charge in [0.1, 0.15) is 0 Å². The minimum atomic E-state index is 0.599. The summed E-state index contributed by atoms with van der Waals surface area (Å²) in [6.07, 6.45) is 9.50. The first-order chi connectivity index (χ1) is 8.79. The lowest BCUT2D eigenvalue weighted by molar-refractivity contribution is 0.332. The second-order valence-electron chi connectivity index (χ2n) is 5.48. The number of benzene rings is 1. The fraction of sp³-hybridized carbons (Fsp3) is 0.625. The summed E-state index contributed by atoms with van der Waals surface area (Å²) in [5.41, 5.74) is 1.35. The highest BCUT2D eigenvalue weighted by atomic mass is 35.5. The molecule has 0 spiro atoms. The summed E-state index contributed by atoms with van der Waals surface area (Å²) >= 11 is 6.06. The van der Waals surface area contributed by atoms with Gasteiger partial charge in [-0.2, -0.15) is 0 Å². The maximum atomic E-state index is 6.06. The molecule has 1 aromatic rings. The summed E-state index contributed by atoms with van der Waals surface area (Å²) in [5.74, 6) is 0.830. The molecule has 1 atom stereocenters. The average molecular weight is 266 g/mol. The van der Waals surface area contributed by atoms with Gasteiger partial charge in [0.25, 0.3) is 0 Å². The molecule has 1 aliphatic rings. The summed E-state index contributed by atoms with van der Waals surface area (Å²) < 4.78 is 0. The van der Waals surface area contributed by atoms with Crippen LogP contribution in [-0.4, -0.2) is 13.1 Å². The third-order valence-corrected chi connectivity index (χ3v) is 4.42. The lowest BCUT2D eigenvalue weighted by Gasteiger charge is -2.26. The van der Waals surface area contributed by atoms with E-state index < -0.39 is 0 Å². The third kappa shape index (κ3) is 4.00. The van der Waals surface area contributed by atoms with Crippen molar-refractivity contribution in [3.05, 3.63) is 34.9 Å². The predicted molar refractivity (Wildman–Crippen MR) is 79.2 cm³/mol. The predicted octanol–water partition coefficient (Wildman–Crippen LogP) is 4.44. The molecule has 0 aromatic heterocycles. The fourth-order valence-corrected chi connectivity index (χ4v) is 3.35. The van der Waals surface area contributed by atoms with Gasteiger partial charge in [0, 0.05) is 11.1 Å². The molecule has 1 N–H and O–H groups in total. The zero-order valence-corrected chi connectivity index (χ0v) is 12.0. The molecule has 1 fully saturated rings. The van der Waals surface area contributed by atoms with Crippen molar-refractivity contribution in [2.45, 2.75) is 51.0 Å². The van der Waals surface area contributed by atoms with Gasteiger partial charge < -0.3 is 5.32 Å². The number of nitrogens with one attached hydrogen (secondary N) is 1.